The highest BCUT2D eigenvalue weighted by Crippen LogP contribution is 2.27. The van der Waals surface area contributed by atoms with Gasteiger partial charge in [-0.05, 0) is 29.8 Å². The van der Waals surface area contributed by atoms with Gasteiger partial charge in [0, 0.05) is 36.5 Å². The van der Waals surface area contributed by atoms with Gasteiger partial charge in [0.2, 0.25) is 0 Å². The van der Waals surface area contributed by atoms with Crippen LogP contribution in [0.2, 0.25) is 5.02 Å². The van der Waals surface area contributed by atoms with Crippen molar-refractivity contribution >= 4 is 45.8 Å². The molecule has 1 atom stereocenters. The van der Waals surface area contributed by atoms with Gasteiger partial charge in [-0.15, -0.1) is 12.4 Å². The van der Waals surface area contributed by atoms with Crippen molar-refractivity contribution in [3.63, 3.8) is 0 Å². The molecule has 1 N–H and O–H groups in total. The molecule has 0 spiro atoms. The lowest BCUT2D eigenvalue weighted by Crippen LogP contribution is -2.48. The van der Waals surface area contributed by atoms with Crippen molar-refractivity contribution < 1.29 is 4.79 Å². The van der Waals surface area contributed by atoms with Gasteiger partial charge in [-0.2, -0.15) is 0 Å². The van der Waals surface area contributed by atoms with Crippen LogP contribution in [0.25, 0.3) is 0 Å². The van der Waals surface area contributed by atoms with Crippen LogP contribution >= 0.6 is 39.9 Å². The van der Waals surface area contributed by atoms with Crippen LogP contribution in [-0.2, 0) is 0 Å². The van der Waals surface area contributed by atoms with Gasteiger partial charge in [0.1, 0.15) is 0 Å². The van der Waals surface area contributed by atoms with Crippen LogP contribution in [-0.4, -0.2) is 35.4 Å². The van der Waals surface area contributed by atoms with E-state index in [1.165, 1.54) is 0 Å². The molecule has 0 bridgehead atoms. The number of benzene rings is 1. The number of amides is 1. The van der Waals surface area contributed by atoms with E-state index in [9.17, 15) is 4.79 Å². The summed E-state index contributed by atoms with van der Waals surface area (Å²) in [5.41, 5.74) is 1.55. The zero-order chi connectivity index (χ0) is 15.5. The molecule has 1 saturated heterocycles. The lowest BCUT2D eigenvalue weighted by molar-refractivity contribution is 0.0634. The maximum Gasteiger partial charge on any atom is 0.255 e. The minimum absolute atomic E-state index is 0. The van der Waals surface area contributed by atoms with Crippen molar-refractivity contribution in [1.29, 1.82) is 0 Å². The van der Waals surface area contributed by atoms with Gasteiger partial charge < -0.3 is 10.2 Å². The molecule has 2 aromatic rings. The summed E-state index contributed by atoms with van der Waals surface area (Å²) in [7, 11) is 0. The fraction of sp³-hybridized carbons (Fsp3) is 0.250. The monoisotopic (exact) mass is 415 g/mol. The van der Waals surface area contributed by atoms with Gasteiger partial charge >= 0.3 is 0 Å². The first-order chi connectivity index (χ1) is 10.7. The number of carbonyl (C=O) groups is 1. The lowest BCUT2D eigenvalue weighted by atomic mass is 10.0. The van der Waals surface area contributed by atoms with Crippen LogP contribution in [0.3, 0.4) is 0 Å². The third kappa shape index (κ3) is 4.04. The molecule has 0 saturated carbocycles. The van der Waals surface area contributed by atoms with Crippen molar-refractivity contribution in [1.82, 2.24) is 15.2 Å². The number of hydrogen-bond donors (Lipinski definition) is 1. The van der Waals surface area contributed by atoms with Crippen LogP contribution < -0.4 is 5.32 Å². The molecule has 7 heteroatoms. The Balaban J connectivity index is 0.00000192. The highest BCUT2D eigenvalue weighted by Gasteiger charge is 2.29. The van der Waals surface area contributed by atoms with Crippen molar-refractivity contribution in [2.45, 2.75) is 6.04 Å². The normalized spacial score (nSPS) is 17.5. The van der Waals surface area contributed by atoms with E-state index in [4.69, 9.17) is 11.6 Å². The predicted octanol–water partition coefficient (Wildman–Crippen LogP) is 3.71. The van der Waals surface area contributed by atoms with E-state index in [0.717, 1.165) is 16.6 Å². The molecule has 4 nitrogen and oxygen atoms in total. The van der Waals surface area contributed by atoms with E-state index in [1.807, 2.05) is 23.1 Å². The quantitative estimate of drug-likeness (QED) is 0.811. The smallest absolute Gasteiger partial charge is 0.255 e. The van der Waals surface area contributed by atoms with Crippen molar-refractivity contribution in [3.05, 3.63) is 63.3 Å². The Morgan fingerprint density at radius 2 is 2.22 bits per heavy atom. The second-order valence-electron chi connectivity index (χ2n) is 5.13. The number of pyridine rings is 1. The lowest BCUT2D eigenvalue weighted by Gasteiger charge is -2.36. The van der Waals surface area contributed by atoms with Gasteiger partial charge in [-0.1, -0.05) is 33.6 Å². The molecule has 2 heterocycles. The number of nitrogens with one attached hydrogen (secondary N) is 1. The Kier molecular flexibility index (Phi) is 6.41. The van der Waals surface area contributed by atoms with Gasteiger partial charge in [0.25, 0.3) is 5.91 Å². The zero-order valence-electron chi connectivity index (χ0n) is 12.2. The standard InChI is InChI=1S/C16H15BrClN3O.ClH/c17-12-3-4-13(14(18)8-12)16(22)21-7-6-20-10-15(21)11-2-1-5-19-9-11;/h1-5,8-9,15,20H,6-7,10H2;1H. The topological polar surface area (TPSA) is 45.2 Å². The van der Waals surface area contributed by atoms with E-state index in [1.54, 1.807) is 24.5 Å². The number of piperazine rings is 1. The zero-order valence-corrected chi connectivity index (χ0v) is 15.4. The minimum atomic E-state index is -0.0483. The van der Waals surface area contributed by atoms with Gasteiger partial charge in [0.15, 0.2) is 0 Å². The van der Waals surface area contributed by atoms with Crippen molar-refractivity contribution in [2.75, 3.05) is 19.6 Å². The predicted molar refractivity (Wildman–Crippen MR) is 97.3 cm³/mol. The number of nitrogens with zero attached hydrogens (tertiary/aromatic N) is 2. The molecular weight excluding hydrogens is 401 g/mol. The fourth-order valence-corrected chi connectivity index (χ4v) is 3.39. The first kappa shape index (κ1) is 18.2. The van der Waals surface area contributed by atoms with Gasteiger partial charge in [-0.3, -0.25) is 9.78 Å². The van der Waals surface area contributed by atoms with Gasteiger partial charge in [-0.25, -0.2) is 0 Å². The molecular formula is C16H16BrCl2N3O. The third-order valence-corrected chi connectivity index (χ3v) is 4.54. The molecule has 23 heavy (non-hydrogen) atoms. The first-order valence-electron chi connectivity index (χ1n) is 7.03. The van der Waals surface area contributed by atoms with Crippen molar-refractivity contribution in [2.24, 2.45) is 0 Å². The molecule has 3 rings (SSSR count). The summed E-state index contributed by atoms with van der Waals surface area (Å²) in [5, 5.41) is 3.79. The summed E-state index contributed by atoms with van der Waals surface area (Å²) in [6.45, 7) is 2.13. The number of hydrogen-bond acceptors (Lipinski definition) is 3. The Morgan fingerprint density at radius 3 is 2.91 bits per heavy atom. The summed E-state index contributed by atoms with van der Waals surface area (Å²) in [5.74, 6) is -0.0483. The average molecular weight is 417 g/mol. The summed E-state index contributed by atoms with van der Waals surface area (Å²) >= 11 is 9.59. The summed E-state index contributed by atoms with van der Waals surface area (Å²) < 4.78 is 0.859. The molecule has 1 aromatic heterocycles. The van der Waals surface area contributed by atoms with E-state index < -0.39 is 0 Å². The highest BCUT2D eigenvalue weighted by atomic mass is 79.9. The molecule has 122 valence electrons. The van der Waals surface area contributed by atoms with Crippen LogP contribution in [0.15, 0.2) is 47.2 Å². The van der Waals surface area contributed by atoms with Crippen LogP contribution in [0.5, 0.6) is 0 Å². The molecule has 1 aromatic carbocycles. The van der Waals surface area contributed by atoms with E-state index in [-0.39, 0.29) is 24.4 Å². The SMILES string of the molecule is Cl.O=C(c1ccc(Br)cc1Cl)N1CCNCC1c1cccnc1. The molecule has 1 fully saturated rings. The van der Waals surface area contributed by atoms with Gasteiger partial charge in [0.05, 0.1) is 16.6 Å². The summed E-state index contributed by atoms with van der Waals surface area (Å²) in [6.07, 6.45) is 3.54. The maximum atomic E-state index is 12.9. The number of carbonyl (C=O) groups excluding carboxylic acids is 1. The Morgan fingerprint density at radius 1 is 1.39 bits per heavy atom. The number of rotatable bonds is 2. The van der Waals surface area contributed by atoms with Crippen LogP contribution in [0, 0.1) is 0 Å². The molecule has 1 amide bonds. The maximum absolute atomic E-state index is 12.9. The highest BCUT2D eigenvalue weighted by molar-refractivity contribution is 9.10. The summed E-state index contributed by atoms with van der Waals surface area (Å²) in [6, 6.07) is 9.19. The summed E-state index contributed by atoms with van der Waals surface area (Å²) in [4.78, 5) is 18.9. The fourth-order valence-electron chi connectivity index (χ4n) is 2.64. The van der Waals surface area contributed by atoms with Crippen LogP contribution in [0.1, 0.15) is 22.0 Å². The third-order valence-electron chi connectivity index (χ3n) is 3.73. The largest absolute Gasteiger partial charge is 0.329 e. The Hall–Kier alpha value is -1.14. The molecule has 0 radical (unpaired) electrons. The van der Waals surface area contributed by atoms with Crippen LogP contribution in [0.4, 0.5) is 0 Å². The number of halogens is 3. The van der Waals surface area contributed by atoms with Crippen molar-refractivity contribution in [3.8, 4) is 0 Å². The molecule has 1 unspecified atom stereocenters. The van der Waals surface area contributed by atoms with E-state index in [2.05, 4.69) is 26.2 Å². The molecule has 1 aliphatic heterocycles. The first-order valence-corrected chi connectivity index (χ1v) is 8.20. The minimum Gasteiger partial charge on any atom is -0.329 e. The molecule has 1 aliphatic rings. The number of aromatic nitrogens is 1. The molecule has 0 aliphatic carbocycles. The Bertz CT molecular complexity index is 684. The average Bonchev–Trinajstić information content (AvgIpc) is 2.55. The Labute approximate surface area is 154 Å². The second kappa shape index (κ2) is 8.11. The van der Waals surface area contributed by atoms with E-state index in [0.29, 0.717) is 23.7 Å². The van der Waals surface area contributed by atoms with E-state index >= 15 is 0 Å². The second-order valence-corrected chi connectivity index (χ2v) is 6.45.